The van der Waals surface area contributed by atoms with Crippen molar-refractivity contribution in [2.24, 2.45) is 5.92 Å². The number of halogens is 1. The van der Waals surface area contributed by atoms with Gasteiger partial charge in [-0.1, -0.05) is 49.7 Å². The standard InChI is InChI=1S/C13H15FN3OS/c1-8(2)11(15)12-16-17-13(18-12)19-7-9-3-5-10(14)6-4-9/h3-6,8,11,15H,7H2,1-2H3/q-1. The zero-order chi connectivity index (χ0) is 13.8. The molecule has 1 aromatic carbocycles. The molecule has 2 rings (SSSR count). The number of thioether (sulfide) groups is 1. The Morgan fingerprint density at radius 3 is 2.58 bits per heavy atom. The van der Waals surface area contributed by atoms with E-state index >= 15 is 0 Å². The Morgan fingerprint density at radius 2 is 1.95 bits per heavy atom. The Bertz CT molecular complexity index is 527. The van der Waals surface area contributed by atoms with E-state index in [1.54, 1.807) is 12.1 Å². The van der Waals surface area contributed by atoms with Crippen LogP contribution in [-0.4, -0.2) is 10.2 Å². The fourth-order valence-electron chi connectivity index (χ4n) is 1.42. The summed E-state index contributed by atoms with van der Waals surface area (Å²) in [6, 6.07) is 5.80. The smallest absolute Gasteiger partial charge is 0.276 e. The van der Waals surface area contributed by atoms with Crippen molar-refractivity contribution >= 4 is 11.8 Å². The first-order chi connectivity index (χ1) is 9.06. The molecule has 0 aliphatic carbocycles. The molecule has 1 unspecified atom stereocenters. The third-order valence-corrected chi connectivity index (χ3v) is 3.52. The molecule has 0 aliphatic rings. The molecule has 19 heavy (non-hydrogen) atoms. The van der Waals surface area contributed by atoms with Gasteiger partial charge < -0.3 is 10.2 Å². The fourth-order valence-corrected chi connectivity index (χ4v) is 2.14. The molecule has 102 valence electrons. The molecule has 0 radical (unpaired) electrons. The van der Waals surface area contributed by atoms with Gasteiger partial charge in [-0.25, -0.2) is 4.39 Å². The molecule has 6 heteroatoms. The van der Waals surface area contributed by atoms with Crippen molar-refractivity contribution in [1.29, 1.82) is 0 Å². The lowest BCUT2D eigenvalue weighted by atomic mass is 10.1. The van der Waals surface area contributed by atoms with E-state index in [9.17, 15) is 4.39 Å². The predicted molar refractivity (Wildman–Crippen MR) is 72.2 cm³/mol. The lowest BCUT2D eigenvalue weighted by Gasteiger charge is -2.19. The quantitative estimate of drug-likeness (QED) is 0.768. The van der Waals surface area contributed by atoms with Crippen molar-refractivity contribution in [1.82, 2.24) is 10.2 Å². The molecule has 2 aromatic rings. The number of hydrogen-bond acceptors (Lipinski definition) is 4. The van der Waals surface area contributed by atoms with E-state index in [1.165, 1.54) is 23.9 Å². The van der Waals surface area contributed by atoms with Gasteiger partial charge in [0.2, 0.25) is 0 Å². The van der Waals surface area contributed by atoms with Crippen LogP contribution in [0.1, 0.15) is 31.3 Å². The van der Waals surface area contributed by atoms with Crippen LogP contribution in [0.25, 0.3) is 5.73 Å². The van der Waals surface area contributed by atoms with Gasteiger partial charge in [0.05, 0.1) is 0 Å². The first-order valence-corrected chi connectivity index (χ1v) is 6.96. The molecular weight excluding hydrogens is 265 g/mol. The Morgan fingerprint density at radius 1 is 1.26 bits per heavy atom. The SMILES string of the molecule is CC(C)C([NH-])c1nnc(SCc2ccc(F)cc2)o1. The normalized spacial score (nSPS) is 12.9. The molecular formula is C13H15FN3OS-. The average molecular weight is 280 g/mol. The Balaban J connectivity index is 1.95. The molecule has 1 aromatic heterocycles. The maximum Gasteiger partial charge on any atom is 0.276 e. The summed E-state index contributed by atoms with van der Waals surface area (Å²) in [4.78, 5) is 0. The van der Waals surface area contributed by atoms with E-state index in [0.717, 1.165) is 5.56 Å². The second kappa shape index (κ2) is 6.16. The Hall–Kier alpha value is -1.40. The van der Waals surface area contributed by atoms with Crippen LogP contribution in [0.15, 0.2) is 33.9 Å². The Labute approximate surface area is 115 Å². The van der Waals surface area contributed by atoms with E-state index in [4.69, 9.17) is 10.2 Å². The van der Waals surface area contributed by atoms with Gasteiger partial charge >= 0.3 is 0 Å². The summed E-state index contributed by atoms with van der Waals surface area (Å²) in [6.45, 7) is 3.88. The highest BCUT2D eigenvalue weighted by atomic mass is 32.2. The highest BCUT2D eigenvalue weighted by Crippen LogP contribution is 2.27. The molecule has 0 amide bonds. The molecule has 0 bridgehead atoms. The van der Waals surface area contributed by atoms with Gasteiger partial charge in [0.25, 0.3) is 5.22 Å². The maximum absolute atomic E-state index is 12.7. The summed E-state index contributed by atoms with van der Waals surface area (Å²) >= 11 is 1.38. The summed E-state index contributed by atoms with van der Waals surface area (Å²) in [6.07, 6.45) is 0. The van der Waals surface area contributed by atoms with Gasteiger partial charge in [0, 0.05) is 5.75 Å². The van der Waals surface area contributed by atoms with Crippen LogP contribution in [0.3, 0.4) is 0 Å². The van der Waals surface area contributed by atoms with Crippen LogP contribution in [0, 0.1) is 11.7 Å². The molecule has 0 saturated heterocycles. The predicted octanol–water partition coefficient (Wildman–Crippen LogP) is 4.25. The van der Waals surface area contributed by atoms with Gasteiger partial charge in [-0.2, -0.15) is 0 Å². The minimum Gasteiger partial charge on any atom is -0.667 e. The van der Waals surface area contributed by atoms with E-state index in [0.29, 0.717) is 16.9 Å². The first-order valence-electron chi connectivity index (χ1n) is 5.98. The van der Waals surface area contributed by atoms with E-state index in [-0.39, 0.29) is 11.7 Å². The summed E-state index contributed by atoms with van der Waals surface area (Å²) in [5.74, 6) is 0.863. The molecule has 0 fully saturated rings. The fraction of sp³-hybridized carbons (Fsp3) is 0.385. The van der Waals surface area contributed by atoms with Gasteiger partial charge in [0.1, 0.15) is 5.82 Å². The summed E-state index contributed by atoms with van der Waals surface area (Å²) in [5.41, 5.74) is 8.84. The lowest BCUT2D eigenvalue weighted by molar-refractivity contribution is 0.373. The van der Waals surface area contributed by atoms with Crippen molar-refractivity contribution < 1.29 is 8.81 Å². The monoisotopic (exact) mass is 280 g/mol. The van der Waals surface area contributed by atoms with Crippen molar-refractivity contribution in [3.8, 4) is 0 Å². The van der Waals surface area contributed by atoms with Crippen LogP contribution in [-0.2, 0) is 5.75 Å². The first kappa shape index (κ1) is 14.0. The van der Waals surface area contributed by atoms with Gasteiger partial charge in [-0.05, 0) is 17.7 Å². The Kier molecular flexibility index (Phi) is 4.55. The van der Waals surface area contributed by atoms with Crippen molar-refractivity contribution in [3.63, 3.8) is 0 Å². The number of rotatable bonds is 5. The van der Waals surface area contributed by atoms with Gasteiger partial charge in [-0.3, -0.25) is 0 Å². The molecule has 1 atom stereocenters. The van der Waals surface area contributed by atoms with Crippen LogP contribution >= 0.6 is 11.8 Å². The largest absolute Gasteiger partial charge is 0.667 e. The molecule has 1 heterocycles. The molecule has 0 spiro atoms. The van der Waals surface area contributed by atoms with Crippen LogP contribution in [0.5, 0.6) is 0 Å². The molecule has 0 aliphatic heterocycles. The van der Waals surface area contributed by atoms with E-state index < -0.39 is 6.04 Å². The number of hydrogen-bond donors (Lipinski definition) is 0. The molecule has 1 N–H and O–H groups in total. The lowest BCUT2D eigenvalue weighted by Crippen LogP contribution is -2.01. The zero-order valence-electron chi connectivity index (χ0n) is 10.8. The minimum atomic E-state index is -0.493. The van der Waals surface area contributed by atoms with Gasteiger partial charge in [-0.15, -0.1) is 10.2 Å². The van der Waals surface area contributed by atoms with Crippen molar-refractivity contribution in [2.45, 2.75) is 30.9 Å². The van der Waals surface area contributed by atoms with Crippen LogP contribution in [0.2, 0.25) is 0 Å². The highest BCUT2D eigenvalue weighted by Gasteiger charge is 2.12. The summed E-state index contributed by atoms with van der Waals surface area (Å²) in [7, 11) is 0. The second-order valence-electron chi connectivity index (χ2n) is 4.54. The third-order valence-electron chi connectivity index (χ3n) is 2.63. The average Bonchev–Trinajstić information content (AvgIpc) is 2.86. The number of aromatic nitrogens is 2. The molecule has 0 saturated carbocycles. The van der Waals surface area contributed by atoms with Gasteiger partial charge in [0.15, 0.2) is 5.89 Å². The molecule has 4 nitrogen and oxygen atoms in total. The highest BCUT2D eigenvalue weighted by molar-refractivity contribution is 7.98. The minimum absolute atomic E-state index is 0.135. The van der Waals surface area contributed by atoms with E-state index in [1.807, 2.05) is 13.8 Å². The number of benzene rings is 1. The third kappa shape index (κ3) is 3.78. The zero-order valence-corrected chi connectivity index (χ0v) is 11.6. The van der Waals surface area contributed by atoms with Crippen LogP contribution < -0.4 is 0 Å². The summed E-state index contributed by atoms with van der Waals surface area (Å²) in [5, 5.41) is 8.23. The maximum atomic E-state index is 12.7. The van der Waals surface area contributed by atoms with Crippen LogP contribution in [0.4, 0.5) is 4.39 Å². The summed E-state index contributed by atoms with van der Waals surface area (Å²) < 4.78 is 18.2. The second-order valence-corrected chi connectivity index (χ2v) is 5.47. The number of nitrogens with one attached hydrogen (secondary N) is 1. The van der Waals surface area contributed by atoms with Crippen molar-refractivity contribution in [2.75, 3.05) is 0 Å². The van der Waals surface area contributed by atoms with E-state index in [2.05, 4.69) is 10.2 Å². The topological polar surface area (TPSA) is 62.7 Å². The number of nitrogens with zero attached hydrogens (tertiary/aromatic N) is 2. The van der Waals surface area contributed by atoms with Crippen molar-refractivity contribution in [3.05, 3.63) is 47.3 Å².